The molecule has 3 heteroatoms. The van der Waals surface area contributed by atoms with Crippen molar-refractivity contribution in [3.63, 3.8) is 0 Å². The van der Waals surface area contributed by atoms with Crippen LogP contribution in [0, 0.1) is 0 Å². The van der Waals surface area contributed by atoms with Crippen LogP contribution in [-0.4, -0.2) is 5.88 Å². The minimum Gasteiger partial charge on any atom is -0.344 e. The molecule has 6 heavy (non-hydrogen) atoms. The maximum absolute atomic E-state index is 5.19. The Hall–Kier alpha value is 0.540. The average molecular weight is 132 g/mol. The molecule has 42 valence electrons. The lowest BCUT2D eigenvalue weighted by atomic mass is 10.6. The summed E-state index contributed by atoms with van der Waals surface area (Å²) >= 11 is 5.19. The van der Waals surface area contributed by atoms with E-state index in [-0.39, 0.29) is 18.6 Å². The third-order valence-electron chi connectivity index (χ3n) is 0.189. The van der Waals surface area contributed by atoms with Crippen LogP contribution in [-0.2, 0) is 0 Å². The SMILES string of the molecule is CCCCl.Cl.N. The maximum Gasteiger partial charge on any atom is 0.0220 e. The maximum atomic E-state index is 5.19. The standard InChI is InChI=1S/C3H7Cl.ClH.H3N/c1-2-3-4;;/h2-3H2,1H3;1H;1H3. The topological polar surface area (TPSA) is 35.0 Å². The molecule has 0 unspecified atom stereocenters. The Morgan fingerprint density at radius 1 is 1.50 bits per heavy atom. The Labute approximate surface area is 50.1 Å². The highest BCUT2D eigenvalue weighted by molar-refractivity contribution is 6.17. The number of alkyl halides is 1. The van der Waals surface area contributed by atoms with Gasteiger partial charge in [-0.3, -0.25) is 0 Å². The van der Waals surface area contributed by atoms with E-state index in [2.05, 4.69) is 0 Å². The second kappa shape index (κ2) is 17.7. The fourth-order valence-corrected chi connectivity index (χ4v) is 0. The highest BCUT2D eigenvalue weighted by atomic mass is 35.5. The van der Waals surface area contributed by atoms with Gasteiger partial charge in [0.05, 0.1) is 0 Å². The van der Waals surface area contributed by atoms with E-state index in [1.807, 2.05) is 6.92 Å². The number of rotatable bonds is 1. The van der Waals surface area contributed by atoms with Crippen molar-refractivity contribution in [2.75, 3.05) is 5.88 Å². The first-order valence-electron chi connectivity index (χ1n) is 1.47. The van der Waals surface area contributed by atoms with Gasteiger partial charge in [-0.15, -0.1) is 24.0 Å². The Morgan fingerprint density at radius 3 is 1.67 bits per heavy atom. The molecule has 0 spiro atoms. The number of hydrogen-bond acceptors (Lipinski definition) is 1. The molecule has 0 amide bonds. The molecular formula is C3H11Cl2N. The molecule has 0 aromatic heterocycles. The molecule has 0 aliphatic carbocycles. The number of hydrogen-bond donors (Lipinski definition) is 1. The van der Waals surface area contributed by atoms with Crippen LogP contribution in [0.1, 0.15) is 13.3 Å². The van der Waals surface area contributed by atoms with Crippen molar-refractivity contribution in [1.29, 1.82) is 0 Å². The van der Waals surface area contributed by atoms with E-state index in [0.29, 0.717) is 0 Å². The molecule has 3 N–H and O–H groups in total. The van der Waals surface area contributed by atoms with Crippen molar-refractivity contribution in [2.45, 2.75) is 13.3 Å². The monoisotopic (exact) mass is 131 g/mol. The van der Waals surface area contributed by atoms with E-state index < -0.39 is 0 Å². The van der Waals surface area contributed by atoms with Gasteiger partial charge in [-0.05, 0) is 6.42 Å². The summed E-state index contributed by atoms with van der Waals surface area (Å²) in [6.45, 7) is 2.05. The van der Waals surface area contributed by atoms with E-state index in [1.165, 1.54) is 0 Å². The normalized spacial score (nSPS) is 5.00. The van der Waals surface area contributed by atoms with Crippen LogP contribution < -0.4 is 6.15 Å². The van der Waals surface area contributed by atoms with E-state index in [9.17, 15) is 0 Å². The van der Waals surface area contributed by atoms with Crippen LogP contribution in [0.4, 0.5) is 0 Å². The largest absolute Gasteiger partial charge is 0.344 e. The summed E-state index contributed by atoms with van der Waals surface area (Å²) in [6.07, 6.45) is 1.08. The van der Waals surface area contributed by atoms with Gasteiger partial charge in [0.25, 0.3) is 0 Å². The quantitative estimate of drug-likeness (QED) is 0.545. The zero-order valence-corrected chi connectivity index (χ0v) is 5.48. The summed E-state index contributed by atoms with van der Waals surface area (Å²) in [5, 5.41) is 0. The molecule has 0 aliphatic heterocycles. The predicted octanol–water partition coefficient (Wildman–Crippen LogP) is 2.22. The van der Waals surface area contributed by atoms with Crippen molar-refractivity contribution < 1.29 is 0 Å². The zero-order valence-electron chi connectivity index (χ0n) is 3.91. The Balaban J connectivity index is -0.0000000450. The fourth-order valence-electron chi connectivity index (χ4n) is 0. The van der Waals surface area contributed by atoms with Gasteiger partial charge in [0.1, 0.15) is 0 Å². The Bertz CT molecular complexity index is 10.8. The molecule has 0 aromatic carbocycles. The second-order valence-electron chi connectivity index (χ2n) is 0.689. The second-order valence-corrected chi connectivity index (χ2v) is 1.07. The van der Waals surface area contributed by atoms with Crippen molar-refractivity contribution in [3.8, 4) is 0 Å². The van der Waals surface area contributed by atoms with Gasteiger partial charge < -0.3 is 6.15 Å². The lowest BCUT2D eigenvalue weighted by molar-refractivity contribution is 1.10. The van der Waals surface area contributed by atoms with Gasteiger partial charge in [-0.1, -0.05) is 6.92 Å². The molecule has 0 aliphatic rings. The molecule has 0 atom stereocenters. The molecule has 0 bridgehead atoms. The summed E-state index contributed by atoms with van der Waals surface area (Å²) in [7, 11) is 0. The lowest BCUT2D eigenvalue weighted by Gasteiger charge is -1.65. The first kappa shape index (κ1) is 16.0. The van der Waals surface area contributed by atoms with Gasteiger partial charge in [-0.2, -0.15) is 0 Å². The van der Waals surface area contributed by atoms with Gasteiger partial charge in [0.2, 0.25) is 0 Å². The smallest absolute Gasteiger partial charge is 0.0220 e. The molecular weight excluding hydrogens is 121 g/mol. The van der Waals surface area contributed by atoms with Crippen molar-refractivity contribution in [1.82, 2.24) is 6.15 Å². The van der Waals surface area contributed by atoms with Gasteiger partial charge in [0.15, 0.2) is 0 Å². The van der Waals surface area contributed by atoms with Crippen LogP contribution in [0.3, 0.4) is 0 Å². The highest BCUT2D eigenvalue weighted by Crippen LogP contribution is 1.75. The molecule has 0 saturated carbocycles. The molecule has 1 nitrogen and oxygen atoms in total. The first-order chi connectivity index (χ1) is 1.91. The zero-order chi connectivity index (χ0) is 3.41. The molecule has 0 fully saturated rings. The summed E-state index contributed by atoms with van der Waals surface area (Å²) in [5.41, 5.74) is 0. The summed E-state index contributed by atoms with van der Waals surface area (Å²) in [6, 6.07) is 0. The van der Waals surface area contributed by atoms with Crippen LogP contribution >= 0.6 is 24.0 Å². The van der Waals surface area contributed by atoms with Crippen LogP contribution in [0.25, 0.3) is 0 Å². The Morgan fingerprint density at radius 2 is 1.67 bits per heavy atom. The fraction of sp³-hybridized carbons (Fsp3) is 1.00. The molecule has 0 rings (SSSR count). The van der Waals surface area contributed by atoms with Gasteiger partial charge in [-0.25, -0.2) is 0 Å². The van der Waals surface area contributed by atoms with E-state index in [4.69, 9.17) is 11.6 Å². The van der Waals surface area contributed by atoms with Crippen molar-refractivity contribution >= 4 is 24.0 Å². The minimum absolute atomic E-state index is 0. The molecule has 0 saturated heterocycles. The summed E-state index contributed by atoms with van der Waals surface area (Å²) < 4.78 is 0. The van der Waals surface area contributed by atoms with Crippen LogP contribution in [0.2, 0.25) is 0 Å². The lowest BCUT2D eigenvalue weighted by Crippen LogP contribution is -1.55. The first-order valence-corrected chi connectivity index (χ1v) is 2.01. The van der Waals surface area contributed by atoms with E-state index >= 15 is 0 Å². The summed E-state index contributed by atoms with van der Waals surface area (Å²) in [5.74, 6) is 0.792. The minimum atomic E-state index is 0. The highest BCUT2D eigenvalue weighted by Gasteiger charge is 1.59. The average Bonchev–Trinajstić information content (AvgIpc) is 1.37. The van der Waals surface area contributed by atoms with Crippen LogP contribution in [0.15, 0.2) is 0 Å². The molecule has 0 radical (unpaired) electrons. The van der Waals surface area contributed by atoms with Crippen LogP contribution in [0.5, 0.6) is 0 Å². The van der Waals surface area contributed by atoms with E-state index in [0.717, 1.165) is 12.3 Å². The molecule has 0 heterocycles. The Kier molecular flexibility index (Phi) is 47.2. The predicted molar refractivity (Wildman–Crippen MR) is 33.3 cm³/mol. The van der Waals surface area contributed by atoms with Gasteiger partial charge >= 0.3 is 0 Å². The number of halogens is 2. The third kappa shape index (κ3) is 24.0. The van der Waals surface area contributed by atoms with Crippen molar-refractivity contribution in [2.24, 2.45) is 0 Å². The summed E-state index contributed by atoms with van der Waals surface area (Å²) in [4.78, 5) is 0. The molecule has 0 aromatic rings. The van der Waals surface area contributed by atoms with Crippen molar-refractivity contribution in [3.05, 3.63) is 0 Å². The van der Waals surface area contributed by atoms with E-state index in [1.54, 1.807) is 0 Å². The third-order valence-corrected chi connectivity index (χ3v) is 0.567. The van der Waals surface area contributed by atoms with Gasteiger partial charge in [0, 0.05) is 5.88 Å².